The second-order valence-corrected chi connectivity index (χ2v) is 8.95. The molecule has 0 aromatic carbocycles. The van der Waals surface area contributed by atoms with Crippen molar-refractivity contribution in [1.29, 1.82) is 0 Å². The Kier molecular flexibility index (Phi) is 5.78. The summed E-state index contributed by atoms with van der Waals surface area (Å²) in [5, 5.41) is 21.6. The smallest absolute Gasteiger partial charge is 0.373 e. The number of hydrogen-bond donors (Lipinski definition) is 1. The van der Waals surface area contributed by atoms with Crippen LogP contribution in [0.1, 0.15) is 31.4 Å². The van der Waals surface area contributed by atoms with E-state index in [1.54, 1.807) is 25.3 Å². The maximum atomic E-state index is 14.5. The Bertz CT molecular complexity index is 1070. The van der Waals surface area contributed by atoms with Crippen molar-refractivity contribution >= 4 is 5.97 Å². The topological polar surface area (TPSA) is 119 Å². The second-order valence-electron chi connectivity index (χ2n) is 8.95. The summed E-state index contributed by atoms with van der Waals surface area (Å²) in [7, 11) is 0. The molecule has 1 spiro atoms. The number of hydrogen-bond acceptors (Lipinski definition) is 10. The number of piperidine rings is 1. The number of aromatic nitrogens is 5. The highest BCUT2D eigenvalue weighted by Crippen LogP contribution is 2.40. The van der Waals surface area contributed by atoms with Gasteiger partial charge in [0.1, 0.15) is 19.5 Å². The van der Waals surface area contributed by atoms with Crippen LogP contribution in [0.25, 0.3) is 5.82 Å². The predicted octanol–water partition coefficient (Wildman–Crippen LogP) is 0.681. The Labute approximate surface area is 193 Å². The number of ether oxygens (including phenoxy) is 2. The standard InChI is InChI=1S/C21H25F2N7O4/c1-14-16(10-33-19(14)32)29-11-20(34-21(22,23)12-29)4-6-28(7-5-20)9-17(31)15-2-3-18(24-8-15)30-13-25-26-27-30/h2-3,8,13,17,31H,4-7,9-12H2,1H3. The summed E-state index contributed by atoms with van der Waals surface area (Å²) in [4.78, 5) is 19.6. The number of cyclic esters (lactones) is 1. The number of β-amino-alcohol motifs (C(OH)–C–C–N with tert-alkyl or cyclic N) is 1. The van der Waals surface area contributed by atoms with Crippen LogP contribution in [0.3, 0.4) is 0 Å². The summed E-state index contributed by atoms with van der Waals surface area (Å²) in [6.07, 6.45) is -0.366. The predicted molar refractivity (Wildman–Crippen MR) is 112 cm³/mol. The first-order chi connectivity index (χ1) is 16.2. The Balaban J connectivity index is 1.21. The molecule has 5 rings (SSSR count). The molecule has 34 heavy (non-hydrogen) atoms. The van der Waals surface area contributed by atoms with E-state index in [4.69, 9.17) is 9.47 Å². The van der Waals surface area contributed by atoms with Crippen molar-refractivity contribution in [2.24, 2.45) is 0 Å². The summed E-state index contributed by atoms with van der Waals surface area (Å²) >= 11 is 0. The largest absolute Gasteiger partial charge is 0.456 e. The van der Waals surface area contributed by atoms with Crippen molar-refractivity contribution in [2.75, 3.05) is 39.3 Å². The molecule has 1 atom stereocenters. The average molecular weight is 477 g/mol. The van der Waals surface area contributed by atoms with Gasteiger partial charge in [-0.3, -0.25) is 0 Å². The van der Waals surface area contributed by atoms with Crippen LogP contribution >= 0.6 is 0 Å². The fraction of sp³-hybridized carbons (Fsp3) is 0.571. The number of tetrazole rings is 1. The van der Waals surface area contributed by atoms with Crippen molar-refractivity contribution in [3.63, 3.8) is 0 Å². The van der Waals surface area contributed by atoms with Gasteiger partial charge in [-0.25, -0.2) is 9.78 Å². The molecule has 1 N–H and O–H groups in total. The molecule has 11 nitrogen and oxygen atoms in total. The summed E-state index contributed by atoms with van der Waals surface area (Å²) in [6.45, 7) is 2.59. The third-order valence-electron chi connectivity index (χ3n) is 6.62. The first-order valence-corrected chi connectivity index (χ1v) is 11.0. The van der Waals surface area contributed by atoms with E-state index in [1.807, 2.05) is 4.90 Å². The monoisotopic (exact) mass is 477 g/mol. The van der Waals surface area contributed by atoms with Gasteiger partial charge in [0.15, 0.2) is 5.82 Å². The molecule has 3 aliphatic heterocycles. The quantitative estimate of drug-likeness (QED) is 0.616. The normalized spacial score (nSPS) is 23.4. The lowest BCUT2D eigenvalue weighted by Crippen LogP contribution is -2.61. The molecule has 0 amide bonds. The van der Waals surface area contributed by atoms with E-state index in [0.717, 1.165) is 0 Å². The van der Waals surface area contributed by atoms with Crippen LogP contribution in [-0.2, 0) is 14.3 Å². The molecule has 1 unspecified atom stereocenters. The molecule has 0 aliphatic carbocycles. The van der Waals surface area contributed by atoms with Crippen molar-refractivity contribution in [3.05, 3.63) is 41.5 Å². The maximum Gasteiger partial charge on any atom is 0.373 e. The minimum atomic E-state index is -3.33. The van der Waals surface area contributed by atoms with Crippen LogP contribution in [0.4, 0.5) is 8.78 Å². The zero-order chi connectivity index (χ0) is 23.9. The number of pyridine rings is 1. The van der Waals surface area contributed by atoms with Gasteiger partial charge in [0.25, 0.3) is 0 Å². The minimum absolute atomic E-state index is 0.00932. The van der Waals surface area contributed by atoms with Crippen LogP contribution in [0, 0.1) is 0 Å². The number of halogens is 2. The van der Waals surface area contributed by atoms with Gasteiger partial charge in [-0.05, 0) is 36.3 Å². The Morgan fingerprint density at radius 2 is 2.03 bits per heavy atom. The highest BCUT2D eigenvalue weighted by Gasteiger charge is 2.52. The van der Waals surface area contributed by atoms with E-state index in [-0.39, 0.29) is 13.2 Å². The van der Waals surface area contributed by atoms with Gasteiger partial charge in [-0.1, -0.05) is 6.07 Å². The fourth-order valence-corrected chi connectivity index (χ4v) is 4.74. The number of morpholine rings is 1. The molecule has 182 valence electrons. The van der Waals surface area contributed by atoms with E-state index >= 15 is 0 Å². The van der Waals surface area contributed by atoms with Gasteiger partial charge in [-0.15, -0.1) is 5.10 Å². The molecule has 0 bridgehead atoms. The Hall–Kier alpha value is -3.03. The molecule has 5 heterocycles. The molecule has 3 aliphatic rings. The van der Waals surface area contributed by atoms with Crippen molar-refractivity contribution in [3.8, 4) is 5.82 Å². The third-order valence-corrected chi connectivity index (χ3v) is 6.62. The van der Waals surface area contributed by atoms with Gasteiger partial charge in [0.2, 0.25) is 0 Å². The van der Waals surface area contributed by atoms with Gasteiger partial charge >= 0.3 is 12.1 Å². The number of rotatable bonds is 5. The summed E-state index contributed by atoms with van der Waals surface area (Å²) < 4.78 is 40.8. The SMILES string of the molecule is CC1=C(N2CC(F)(F)OC3(CCN(CC(O)c4ccc(-n5cnnn5)nc4)CC3)C2)COC1=O. The Morgan fingerprint density at radius 1 is 1.24 bits per heavy atom. The molecular formula is C21H25F2N7O4. The van der Waals surface area contributed by atoms with Gasteiger partial charge in [-0.2, -0.15) is 13.5 Å². The molecule has 0 radical (unpaired) electrons. The molecular weight excluding hydrogens is 452 g/mol. The minimum Gasteiger partial charge on any atom is -0.456 e. The molecule has 0 saturated carbocycles. The number of alkyl halides is 2. The van der Waals surface area contributed by atoms with Crippen LogP contribution in [0.2, 0.25) is 0 Å². The summed E-state index contributed by atoms with van der Waals surface area (Å²) in [5.74, 6) is 0.0589. The number of aliphatic hydroxyl groups excluding tert-OH is 1. The van der Waals surface area contributed by atoms with Crippen LogP contribution in [-0.4, -0.2) is 97.1 Å². The van der Waals surface area contributed by atoms with Gasteiger partial charge in [0, 0.05) is 37.9 Å². The fourth-order valence-electron chi connectivity index (χ4n) is 4.74. The third kappa shape index (κ3) is 4.50. The number of likely N-dealkylation sites (tertiary alicyclic amines) is 1. The van der Waals surface area contributed by atoms with E-state index in [9.17, 15) is 18.7 Å². The number of carbonyl (C=O) groups is 1. The van der Waals surface area contributed by atoms with E-state index in [2.05, 4.69) is 20.5 Å². The molecule has 2 fully saturated rings. The van der Waals surface area contributed by atoms with Crippen molar-refractivity contribution in [2.45, 2.75) is 37.6 Å². The van der Waals surface area contributed by atoms with E-state index < -0.39 is 30.3 Å². The highest BCUT2D eigenvalue weighted by atomic mass is 19.3. The molecule has 13 heteroatoms. The van der Waals surface area contributed by atoms with Gasteiger partial charge < -0.3 is 24.4 Å². The van der Waals surface area contributed by atoms with Crippen molar-refractivity contribution < 1.29 is 28.2 Å². The number of carbonyl (C=O) groups excluding carboxylic acids is 1. The lowest BCUT2D eigenvalue weighted by molar-refractivity contribution is -0.334. The number of aliphatic hydroxyl groups is 1. The first-order valence-electron chi connectivity index (χ1n) is 11.0. The summed E-state index contributed by atoms with van der Waals surface area (Å²) in [5.41, 5.74) is 0.477. The number of esters is 1. The zero-order valence-electron chi connectivity index (χ0n) is 18.6. The zero-order valence-corrected chi connectivity index (χ0v) is 18.6. The van der Waals surface area contributed by atoms with Crippen molar-refractivity contribution in [1.82, 2.24) is 35.0 Å². The molecule has 2 aromatic heterocycles. The van der Waals surface area contributed by atoms with Crippen LogP contribution in [0.5, 0.6) is 0 Å². The lowest BCUT2D eigenvalue weighted by Gasteiger charge is -2.50. The van der Waals surface area contributed by atoms with Crippen LogP contribution < -0.4 is 0 Å². The van der Waals surface area contributed by atoms with E-state index in [0.29, 0.717) is 55.1 Å². The second kappa shape index (κ2) is 8.64. The van der Waals surface area contributed by atoms with Gasteiger partial charge in [0.05, 0.1) is 23.0 Å². The van der Waals surface area contributed by atoms with E-state index in [1.165, 1.54) is 15.9 Å². The summed E-state index contributed by atoms with van der Waals surface area (Å²) in [6, 6.07) is 3.46. The lowest BCUT2D eigenvalue weighted by atomic mass is 9.88. The number of nitrogens with zero attached hydrogens (tertiary/aromatic N) is 7. The molecule has 2 saturated heterocycles. The Morgan fingerprint density at radius 3 is 2.65 bits per heavy atom. The average Bonchev–Trinajstić information content (AvgIpc) is 3.45. The maximum absolute atomic E-state index is 14.5. The highest BCUT2D eigenvalue weighted by molar-refractivity contribution is 5.90. The molecule has 2 aromatic rings. The first kappa shape index (κ1) is 22.7. The van der Waals surface area contributed by atoms with Crippen LogP contribution in [0.15, 0.2) is 35.9 Å².